The van der Waals surface area contributed by atoms with Crippen LogP contribution in [0.3, 0.4) is 0 Å². The molecule has 0 radical (unpaired) electrons. The van der Waals surface area contributed by atoms with Gasteiger partial charge >= 0.3 is 0 Å². The summed E-state index contributed by atoms with van der Waals surface area (Å²) in [5.74, 6) is -2.47. The molecule has 1 atom stereocenters. The maximum atomic E-state index is 14.0. The van der Waals surface area contributed by atoms with Gasteiger partial charge in [0.2, 0.25) is 0 Å². The standard InChI is InChI=1S/C15H13F3O2/c1-8-6-10(12(17)7-11(8)16)15(19)9-4-3-5-13(20-2)14(9)18/h3-7,15,19H,1-2H3. The van der Waals surface area contributed by atoms with Crippen LogP contribution in [-0.4, -0.2) is 12.2 Å². The van der Waals surface area contributed by atoms with Crippen LogP contribution in [0, 0.1) is 24.4 Å². The van der Waals surface area contributed by atoms with Crippen molar-refractivity contribution in [3.05, 3.63) is 64.5 Å². The van der Waals surface area contributed by atoms with Gasteiger partial charge in [-0.05, 0) is 24.6 Å². The fraction of sp³-hybridized carbons (Fsp3) is 0.200. The quantitative estimate of drug-likeness (QED) is 0.933. The lowest BCUT2D eigenvalue weighted by Gasteiger charge is -2.15. The van der Waals surface area contributed by atoms with E-state index in [-0.39, 0.29) is 22.4 Å². The van der Waals surface area contributed by atoms with Crippen molar-refractivity contribution in [2.75, 3.05) is 7.11 Å². The molecule has 2 rings (SSSR count). The monoisotopic (exact) mass is 282 g/mol. The Bertz CT molecular complexity index is 641. The van der Waals surface area contributed by atoms with E-state index in [0.717, 1.165) is 6.07 Å². The van der Waals surface area contributed by atoms with Crippen molar-refractivity contribution < 1.29 is 23.0 Å². The van der Waals surface area contributed by atoms with Gasteiger partial charge in [0.05, 0.1) is 7.11 Å². The molecule has 5 heteroatoms. The molecule has 0 aliphatic heterocycles. The molecule has 0 saturated carbocycles. The lowest BCUT2D eigenvalue weighted by Crippen LogP contribution is -2.07. The van der Waals surface area contributed by atoms with Crippen LogP contribution in [0.25, 0.3) is 0 Å². The lowest BCUT2D eigenvalue weighted by molar-refractivity contribution is 0.208. The maximum absolute atomic E-state index is 14.0. The van der Waals surface area contributed by atoms with Crippen molar-refractivity contribution in [2.45, 2.75) is 13.0 Å². The fourth-order valence-electron chi connectivity index (χ4n) is 1.95. The summed E-state index contributed by atoms with van der Waals surface area (Å²) in [7, 11) is 1.29. The van der Waals surface area contributed by atoms with E-state index in [0.29, 0.717) is 6.07 Å². The van der Waals surface area contributed by atoms with Gasteiger partial charge in [-0.2, -0.15) is 0 Å². The summed E-state index contributed by atoms with van der Waals surface area (Å²) >= 11 is 0. The number of benzene rings is 2. The molecule has 2 aromatic rings. The van der Waals surface area contributed by atoms with Crippen LogP contribution in [0.2, 0.25) is 0 Å². The molecule has 2 nitrogen and oxygen atoms in total. The van der Waals surface area contributed by atoms with Gasteiger partial charge in [-0.3, -0.25) is 0 Å². The summed E-state index contributed by atoms with van der Waals surface area (Å²) in [6, 6.07) is 6.02. The van der Waals surface area contributed by atoms with Crippen molar-refractivity contribution >= 4 is 0 Å². The summed E-state index contributed by atoms with van der Waals surface area (Å²) in [4.78, 5) is 0. The molecule has 0 bridgehead atoms. The van der Waals surface area contributed by atoms with Gasteiger partial charge in [-0.15, -0.1) is 0 Å². The zero-order chi connectivity index (χ0) is 14.9. The highest BCUT2D eigenvalue weighted by Gasteiger charge is 2.21. The molecule has 20 heavy (non-hydrogen) atoms. The highest BCUT2D eigenvalue weighted by molar-refractivity contribution is 5.39. The van der Waals surface area contributed by atoms with E-state index in [1.165, 1.54) is 32.2 Å². The molecule has 0 aromatic heterocycles. The topological polar surface area (TPSA) is 29.5 Å². The summed E-state index contributed by atoms with van der Waals surface area (Å²) < 4.78 is 45.8. The molecule has 0 spiro atoms. The molecule has 0 fully saturated rings. The molecule has 106 valence electrons. The normalized spacial score (nSPS) is 12.3. The molecule has 0 saturated heterocycles. The number of aliphatic hydroxyl groups is 1. The molecule has 1 N–H and O–H groups in total. The first kappa shape index (κ1) is 14.4. The summed E-state index contributed by atoms with van der Waals surface area (Å²) in [6.07, 6.45) is -1.54. The molecule has 1 unspecified atom stereocenters. The third-order valence-electron chi connectivity index (χ3n) is 3.08. The molecule has 2 aromatic carbocycles. The highest BCUT2D eigenvalue weighted by Crippen LogP contribution is 2.31. The zero-order valence-corrected chi connectivity index (χ0v) is 11.0. The predicted molar refractivity (Wildman–Crippen MR) is 68.1 cm³/mol. The Hall–Kier alpha value is -2.01. The second-order valence-corrected chi connectivity index (χ2v) is 4.39. The van der Waals surface area contributed by atoms with Crippen molar-refractivity contribution in [3.8, 4) is 5.75 Å². The van der Waals surface area contributed by atoms with E-state index in [9.17, 15) is 18.3 Å². The minimum Gasteiger partial charge on any atom is -0.494 e. The van der Waals surface area contributed by atoms with Crippen LogP contribution < -0.4 is 4.74 Å². The number of hydrogen-bond donors (Lipinski definition) is 1. The smallest absolute Gasteiger partial charge is 0.171 e. The van der Waals surface area contributed by atoms with Gasteiger partial charge in [0.1, 0.15) is 17.7 Å². The Morgan fingerprint density at radius 2 is 1.75 bits per heavy atom. The minimum absolute atomic E-state index is 0.0548. The second-order valence-electron chi connectivity index (χ2n) is 4.39. The van der Waals surface area contributed by atoms with E-state index < -0.39 is 23.6 Å². The number of aliphatic hydroxyl groups excluding tert-OH is 1. The van der Waals surface area contributed by atoms with E-state index >= 15 is 0 Å². The van der Waals surface area contributed by atoms with E-state index in [4.69, 9.17) is 4.74 Å². The number of methoxy groups -OCH3 is 1. The number of ether oxygens (including phenoxy) is 1. The Kier molecular flexibility index (Phi) is 3.99. The van der Waals surface area contributed by atoms with Gasteiger partial charge in [0.15, 0.2) is 11.6 Å². The van der Waals surface area contributed by atoms with Crippen LogP contribution in [0.1, 0.15) is 22.8 Å². The molecule has 0 amide bonds. The first-order valence-corrected chi connectivity index (χ1v) is 5.91. The summed E-state index contributed by atoms with van der Waals surface area (Å²) in [5, 5.41) is 10.1. The number of rotatable bonds is 3. The average molecular weight is 282 g/mol. The van der Waals surface area contributed by atoms with Crippen LogP contribution in [0.15, 0.2) is 30.3 Å². The third kappa shape index (κ3) is 2.49. The van der Waals surface area contributed by atoms with Crippen LogP contribution in [0.5, 0.6) is 5.75 Å². The molecule has 0 aliphatic rings. The van der Waals surface area contributed by atoms with E-state index in [1.54, 1.807) is 0 Å². The van der Waals surface area contributed by atoms with Gasteiger partial charge in [0.25, 0.3) is 0 Å². The number of hydrogen-bond acceptors (Lipinski definition) is 2. The Morgan fingerprint density at radius 1 is 1.05 bits per heavy atom. The third-order valence-corrected chi connectivity index (χ3v) is 3.08. The second kappa shape index (κ2) is 5.54. The Balaban J connectivity index is 2.52. The SMILES string of the molecule is COc1cccc(C(O)c2cc(C)c(F)cc2F)c1F. The zero-order valence-electron chi connectivity index (χ0n) is 11.0. The van der Waals surface area contributed by atoms with Crippen molar-refractivity contribution in [1.29, 1.82) is 0 Å². The van der Waals surface area contributed by atoms with Gasteiger partial charge < -0.3 is 9.84 Å². The van der Waals surface area contributed by atoms with Crippen LogP contribution in [0.4, 0.5) is 13.2 Å². The molecule has 0 aliphatic carbocycles. The van der Waals surface area contributed by atoms with E-state index in [1.807, 2.05) is 0 Å². The maximum Gasteiger partial charge on any atom is 0.171 e. The largest absolute Gasteiger partial charge is 0.494 e. The van der Waals surface area contributed by atoms with Crippen LogP contribution >= 0.6 is 0 Å². The van der Waals surface area contributed by atoms with Crippen molar-refractivity contribution in [3.63, 3.8) is 0 Å². The van der Waals surface area contributed by atoms with E-state index in [2.05, 4.69) is 0 Å². The number of halogens is 3. The van der Waals surface area contributed by atoms with Crippen molar-refractivity contribution in [2.24, 2.45) is 0 Å². The molecule has 0 heterocycles. The number of aryl methyl sites for hydroxylation is 1. The van der Waals surface area contributed by atoms with Crippen molar-refractivity contribution in [1.82, 2.24) is 0 Å². The van der Waals surface area contributed by atoms with Gasteiger partial charge in [0, 0.05) is 17.2 Å². The van der Waals surface area contributed by atoms with Crippen LogP contribution in [-0.2, 0) is 0 Å². The molecular formula is C15H13F3O2. The fourth-order valence-corrected chi connectivity index (χ4v) is 1.95. The minimum atomic E-state index is -1.54. The van der Waals surface area contributed by atoms with Gasteiger partial charge in [-0.1, -0.05) is 12.1 Å². The Labute approximate surface area is 114 Å². The predicted octanol–water partition coefficient (Wildman–Crippen LogP) is 3.50. The highest BCUT2D eigenvalue weighted by atomic mass is 19.1. The Morgan fingerprint density at radius 3 is 2.40 bits per heavy atom. The first-order chi connectivity index (χ1) is 9.45. The first-order valence-electron chi connectivity index (χ1n) is 5.91. The average Bonchev–Trinajstić information content (AvgIpc) is 2.42. The summed E-state index contributed by atoms with van der Waals surface area (Å²) in [5.41, 5.74) is -0.144. The lowest BCUT2D eigenvalue weighted by atomic mass is 9.98. The summed E-state index contributed by atoms with van der Waals surface area (Å²) in [6.45, 7) is 1.44. The molecular weight excluding hydrogens is 269 g/mol. The van der Waals surface area contributed by atoms with Gasteiger partial charge in [-0.25, -0.2) is 13.2 Å².